The Labute approximate surface area is 90.2 Å². The first kappa shape index (κ1) is 12.0. The van der Waals surface area contributed by atoms with Crippen LogP contribution in [0.3, 0.4) is 0 Å². The van der Waals surface area contributed by atoms with E-state index in [-0.39, 0.29) is 17.6 Å². The summed E-state index contributed by atoms with van der Waals surface area (Å²) in [5, 5.41) is 0. The number of ether oxygens (including phenoxy) is 1. The summed E-state index contributed by atoms with van der Waals surface area (Å²) in [7, 11) is 1.45. The van der Waals surface area contributed by atoms with E-state index in [1.807, 2.05) is 6.07 Å². The van der Waals surface area contributed by atoms with Gasteiger partial charge in [0.25, 0.3) is 0 Å². The van der Waals surface area contributed by atoms with Crippen molar-refractivity contribution in [2.45, 2.75) is 26.3 Å². The van der Waals surface area contributed by atoms with Gasteiger partial charge in [0, 0.05) is 6.04 Å². The van der Waals surface area contributed by atoms with Crippen LogP contribution in [-0.4, -0.2) is 7.11 Å². The number of methoxy groups -OCH3 is 1. The van der Waals surface area contributed by atoms with Crippen molar-refractivity contribution in [2.75, 3.05) is 7.11 Å². The highest BCUT2D eigenvalue weighted by Gasteiger charge is 2.14. The van der Waals surface area contributed by atoms with Crippen LogP contribution in [0.1, 0.15) is 31.9 Å². The van der Waals surface area contributed by atoms with E-state index in [0.29, 0.717) is 5.92 Å². The third-order valence-electron chi connectivity index (χ3n) is 2.82. The van der Waals surface area contributed by atoms with Crippen molar-refractivity contribution in [3.63, 3.8) is 0 Å². The highest BCUT2D eigenvalue weighted by atomic mass is 19.1. The van der Waals surface area contributed by atoms with Gasteiger partial charge in [0.15, 0.2) is 11.6 Å². The molecule has 2 atom stereocenters. The van der Waals surface area contributed by atoms with Gasteiger partial charge in [0.05, 0.1) is 7.11 Å². The van der Waals surface area contributed by atoms with Crippen LogP contribution in [0.25, 0.3) is 0 Å². The summed E-state index contributed by atoms with van der Waals surface area (Å²) in [6.07, 6.45) is 0.981. The van der Waals surface area contributed by atoms with Gasteiger partial charge < -0.3 is 10.5 Å². The van der Waals surface area contributed by atoms with Crippen LogP contribution in [0.5, 0.6) is 5.75 Å². The van der Waals surface area contributed by atoms with Crippen LogP contribution in [0, 0.1) is 11.7 Å². The Balaban J connectivity index is 2.92. The molecule has 84 valence electrons. The summed E-state index contributed by atoms with van der Waals surface area (Å²) >= 11 is 0. The maximum atomic E-state index is 13.4. The molecule has 1 rings (SSSR count). The van der Waals surface area contributed by atoms with Crippen LogP contribution in [-0.2, 0) is 0 Å². The smallest absolute Gasteiger partial charge is 0.165 e. The average Bonchev–Trinajstić information content (AvgIpc) is 2.26. The Morgan fingerprint density at radius 2 is 2.13 bits per heavy atom. The predicted octanol–water partition coefficient (Wildman–Crippen LogP) is 2.88. The molecule has 15 heavy (non-hydrogen) atoms. The van der Waals surface area contributed by atoms with Gasteiger partial charge in [0.1, 0.15) is 0 Å². The predicted molar refractivity (Wildman–Crippen MR) is 59.3 cm³/mol. The third kappa shape index (κ3) is 2.69. The van der Waals surface area contributed by atoms with Gasteiger partial charge in [-0.05, 0) is 23.6 Å². The van der Waals surface area contributed by atoms with Gasteiger partial charge >= 0.3 is 0 Å². The van der Waals surface area contributed by atoms with Gasteiger partial charge in [-0.2, -0.15) is 0 Å². The van der Waals surface area contributed by atoms with Gasteiger partial charge in [-0.1, -0.05) is 26.3 Å². The van der Waals surface area contributed by atoms with Crippen LogP contribution in [0.15, 0.2) is 18.2 Å². The lowest BCUT2D eigenvalue weighted by Gasteiger charge is -2.19. The molecule has 0 saturated heterocycles. The molecule has 0 aromatic heterocycles. The van der Waals surface area contributed by atoms with Crippen molar-refractivity contribution < 1.29 is 9.13 Å². The fourth-order valence-corrected chi connectivity index (χ4v) is 1.47. The minimum atomic E-state index is -0.353. The normalized spacial score (nSPS) is 14.7. The van der Waals surface area contributed by atoms with Crippen LogP contribution in [0.4, 0.5) is 4.39 Å². The van der Waals surface area contributed by atoms with Crippen LogP contribution in [0.2, 0.25) is 0 Å². The zero-order chi connectivity index (χ0) is 11.4. The molecule has 0 aliphatic heterocycles. The maximum absolute atomic E-state index is 13.4. The standard InChI is InChI=1S/C12H18FNO/c1-4-8(2)12(14)9-5-6-11(15-3)10(13)7-9/h5-8,12H,4,14H2,1-3H3/t8?,12-/m0/s1. The first-order chi connectivity index (χ1) is 7.10. The lowest BCUT2D eigenvalue weighted by atomic mass is 9.93. The molecule has 2 N–H and O–H groups in total. The zero-order valence-electron chi connectivity index (χ0n) is 9.46. The molecule has 0 bridgehead atoms. The number of nitrogens with two attached hydrogens (primary N) is 1. The van der Waals surface area contributed by atoms with E-state index >= 15 is 0 Å². The van der Waals surface area contributed by atoms with E-state index in [0.717, 1.165) is 12.0 Å². The van der Waals surface area contributed by atoms with E-state index in [4.69, 9.17) is 10.5 Å². The second kappa shape index (κ2) is 5.12. The number of benzene rings is 1. The number of rotatable bonds is 4. The largest absolute Gasteiger partial charge is 0.494 e. The molecule has 1 aromatic rings. The molecule has 0 heterocycles. The molecule has 0 fully saturated rings. The lowest BCUT2D eigenvalue weighted by Crippen LogP contribution is -2.18. The summed E-state index contributed by atoms with van der Waals surface area (Å²) in [6, 6.07) is 4.77. The lowest BCUT2D eigenvalue weighted by molar-refractivity contribution is 0.384. The molecule has 2 nitrogen and oxygen atoms in total. The monoisotopic (exact) mass is 211 g/mol. The second-order valence-corrected chi connectivity index (χ2v) is 3.81. The quantitative estimate of drug-likeness (QED) is 0.831. The minimum Gasteiger partial charge on any atom is -0.494 e. The molecular formula is C12H18FNO. The van der Waals surface area contributed by atoms with Crippen LogP contribution < -0.4 is 10.5 Å². The first-order valence-corrected chi connectivity index (χ1v) is 5.19. The van der Waals surface area contributed by atoms with E-state index in [1.165, 1.54) is 13.2 Å². The fraction of sp³-hybridized carbons (Fsp3) is 0.500. The van der Waals surface area contributed by atoms with Crippen molar-refractivity contribution in [1.29, 1.82) is 0 Å². The summed E-state index contributed by atoms with van der Waals surface area (Å²) in [5.74, 6) is 0.252. The summed E-state index contributed by atoms with van der Waals surface area (Å²) in [4.78, 5) is 0. The Morgan fingerprint density at radius 1 is 1.47 bits per heavy atom. The average molecular weight is 211 g/mol. The van der Waals surface area contributed by atoms with Crippen molar-refractivity contribution >= 4 is 0 Å². The summed E-state index contributed by atoms with van der Waals surface area (Å²) in [6.45, 7) is 4.14. The molecule has 1 unspecified atom stereocenters. The molecule has 0 radical (unpaired) electrons. The third-order valence-corrected chi connectivity index (χ3v) is 2.82. The van der Waals surface area contributed by atoms with Gasteiger partial charge in [-0.25, -0.2) is 4.39 Å². The topological polar surface area (TPSA) is 35.2 Å². The zero-order valence-corrected chi connectivity index (χ0v) is 9.46. The number of hydrogen-bond donors (Lipinski definition) is 1. The first-order valence-electron chi connectivity index (χ1n) is 5.19. The molecule has 0 aliphatic carbocycles. The van der Waals surface area contributed by atoms with Gasteiger partial charge in [0.2, 0.25) is 0 Å². The Morgan fingerprint density at radius 3 is 2.60 bits per heavy atom. The summed E-state index contributed by atoms with van der Waals surface area (Å²) < 4.78 is 18.2. The summed E-state index contributed by atoms with van der Waals surface area (Å²) in [5.41, 5.74) is 6.82. The molecular weight excluding hydrogens is 193 g/mol. The van der Waals surface area contributed by atoms with Gasteiger partial charge in [-0.3, -0.25) is 0 Å². The van der Waals surface area contributed by atoms with Crippen molar-refractivity contribution in [2.24, 2.45) is 11.7 Å². The Kier molecular flexibility index (Phi) is 4.09. The molecule has 0 amide bonds. The minimum absolute atomic E-state index is 0.115. The van der Waals surface area contributed by atoms with Crippen molar-refractivity contribution in [3.8, 4) is 5.75 Å². The molecule has 3 heteroatoms. The SMILES string of the molecule is CCC(C)[C@H](N)c1ccc(OC)c(F)c1. The van der Waals surface area contributed by atoms with Crippen molar-refractivity contribution in [1.82, 2.24) is 0 Å². The highest BCUT2D eigenvalue weighted by Crippen LogP contribution is 2.25. The second-order valence-electron chi connectivity index (χ2n) is 3.81. The highest BCUT2D eigenvalue weighted by molar-refractivity contribution is 5.31. The maximum Gasteiger partial charge on any atom is 0.165 e. The molecule has 1 aromatic carbocycles. The molecule has 0 aliphatic rings. The van der Waals surface area contributed by atoms with E-state index in [1.54, 1.807) is 6.07 Å². The van der Waals surface area contributed by atoms with E-state index in [2.05, 4.69) is 13.8 Å². The Hall–Kier alpha value is -1.09. The Bertz CT molecular complexity index is 327. The van der Waals surface area contributed by atoms with Crippen LogP contribution >= 0.6 is 0 Å². The fourth-order valence-electron chi connectivity index (χ4n) is 1.47. The van der Waals surface area contributed by atoms with E-state index in [9.17, 15) is 4.39 Å². The van der Waals surface area contributed by atoms with E-state index < -0.39 is 0 Å². The van der Waals surface area contributed by atoms with Gasteiger partial charge in [-0.15, -0.1) is 0 Å². The molecule has 0 spiro atoms. The number of halogens is 1. The molecule has 0 saturated carbocycles. The number of hydrogen-bond acceptors (Lipinski definition) is 2. The van der Waals surface area contributed by atoms with Crippen molar-refractivity contribution in [3.05, 3.63) is 29.6 Å².